The zero-order valence-corrected chi connectivity index (χ0v) is 18.5. The van der Waals surface area contributed by atoms with Crippen molar-refractivity contribution in [2.24, 2.45) is 0 Å². The number of hydrogen-bond donors (Lipinski definition) is 0. The highest BCUT2D eigenvalue weighted by Crippen LogP contribution is 2.48. The summed E-state index contributed by atoms with van der Waals surface area (Å²) in [7, 11) is 0. The van der Waals surface area contributed by atoms with Crippen LogP contribution in [-0.2, 0) is 18.1 Å². The van der Waals surface area contributed by atoms with Crippen molar-refractivity contribution in [3.05, 3.63) is 71.0 Å². The van der Waals surface area contributed by atoms with Crippen LogP contribution in [-0.4, -0.2) is 46.2 Å². The number of rotatable bonds is 5. The van der Waals surface area contributed by atoms with Crippen molar-refractivity contribution in [1.82, 2.24) is 20.0 Å². The first-order valence-electron chi connectivity index (χ1n) is 11.2. The fourth-order valence-corrected chi connectivity index (χ4v) is 4.64. The minimum Gasteiger partial charge on any atom is -0.354 e. The Bertz CT molecular complexity index is 1080. The van der Waals surface area contributed by atoms with E-state index < -0.39 is 17.2 Å². The maximum Gasteiger partial charge on any atom is 0.416 e. The Hall–Kier alpha value is -2.94. The highest BCUT2D eigenvalue weighted by atomic mass is 19.4. The van der Waals surface area contributed by atoms with Gasteiger partial charge in [0, 0.05) is 32.4 Å². The van der Waals surface area contributed by atoms with Gasteiger partial charge >= 0.3 is 6.18 Å². The van der Waals surface area contributed by atoms with E-state index in [1.54, 1.807) is 12.1 Å². The Morgan fingerprint density at radius 3 is 2.30 bits per heavy atom. The molecule has 1 saturated heterocycles. The average molecular weight is 458 g/mol. The molecule has 3 heterocycles. The van der Waals surface area contributed by atoms with Crippen LogP contribution in [0.1, 0.15) is 47.7 Å². The minimum atomic E-state index is -4.34. The van der Waals surface area contributed by atoms with Gasteiger partial charge in [0.15, 0.2) is 5.82 Å². The lowest BCUT2D eigenvalue weighted by Crippen LogP contribution is -2.46. The third-order valence-electron chi connectivity index (χ3n) is 6.82. The van der Waals surface area contributed by atoms with Gasteiger partial charge in [0.1, 0.15) is 5.82 Å². The number of pyridine rings is 1. The molecular formula is C24H26F3N5O. The zero-order valence-electron chi connectivity index (χ0n) is 18.5. The molecule has 0 bridgehead atoms. The molecule has 174 valence electrons. The summed E-state index contributed by atoms with van der Waals surface area (Å²) in [5.41, 5.74) is 0.856. The fourth-order valence-electron chi connectivity index (χ4n) is 4.64. The lowest BCUT2D eigenvalue weighted by atomic mass is 9.64. The van der Waals surface area contributed by atoms with Crippen molar-refractivity contribution in [1.29, 1.82) is 0 Å². The third-order valence-corrected chi connectivity index (χ3v) is 6.82. The molecule has 1 aliphatic carbocycles. The molecule has 2 fully saturated rings. The van der Waals surface area contributed by atoms with Crippen molar-refractivity contribution < 1.29 is 17.7 Å². The molecule has 3 aromatic rings. The second kappa shape index (κ2) is 8.44. The van der Waals surface area contributed by atoms with E-state index >= 15 is 0 Å². The summed E-state index contributed by atoms with van der Waals surface area (Å²) in [6.07, 6.45) is 0.137. The van der Waals surface area contributed by atoms with E-state index in [0.29, 0.717) is 18.3 Å². The summed E-state index contributed by atoms with van der Waals surface area (Å²) < 4.78 is 44.4. The molecule has 0 spiro atoms. The summed E-state index contributed by atoms with van der Waals surface area (Å²) in [5.74, 6) is 2.11. The van der Waals surface area contributed by atoms with Gasteiger partial charge in [-0.25, -0.2) is 4.98 Å². The maximum absolute atomic E-state index is 12.9. The van der Waals surface area contributed by atoms with Gasteiger partial charge in [-0.1, -0.05) is 29.8 Å². The number of hydrogen-bond acceptors (Lipinski definition) is 6. The molecule has 1 saturated carbocycles. The van der Waals surface area contributed by atoms with Crippen LogP contribution >= 0.6 is 0 Å². The van der Waals surface area contributed by atoms with E-state index in [-0.39, 0.29) is 0 Å². The predicted octanol–water partition coefficient (Wildman–Crippen LogP) is 4.58. The quantitative estimate of drug-likeness (QED) is 0.559. The van der Waals surface area contributed by atoms with Gasteiger partial charge in [0.25, 0.3) is 0 Å². The zero-order chi connectivity index (χ0) is 23.1. The number of alkyl halides is 3. The SMILES string of the molecule is Cc1ccc(N2CCN(Cc3nc(C4(c5ccc(C(F)(F)F)cc5)CCC4)no3)CC2)nc1. The summed E-state index contributed by atoms with van der Waals surface area (Å²) >= 11 is 0. The van der Waals surface area contributed by atoms with E-state index in [1.165, 1.54) is 0 Å². The largest absolute Gasteiger partial charge is 0.416 e. The summed E-state index contributed by atoms with van der Waals surface area (Å²) in [4.78, 5) is 13.7. The Morgan fingerprint density at radius 2 is 1.73 bits per heavy atom. The van der Waals surface area contributed by atoms with E-state index in [1.807, 2.05) is 13.1 Å². The first-order valence-corrected chi connectivity index (χ1v) is 11.2. The third kappa shape index (κ3) is 4.34. The van der Waals surface area contributed by atoms with Gasteiger partial charge in [-0.2, -0.15) is 18.2 Å². The molecule has 5 rings (SSSR count). The number of aromatic nitrogens is 3. The van der Waals surface area contributed by atoms with Gasteiger partial charge in [0.05, 0.1) is 17.5 Å². The predicted molar refractivity (Wildman–Crippen MR) is 117 cm³/mol. The van der Waals surface area contributed by atoms with Crippen LogP contribution in [0.15, 0.2) is 47.1 Å². The minimum absolute atomic E-state index is 0.457. The molecular weight excluding hydrogens is 431 g/mol. The molecule has 33 heavy (non-hydrogen) atoms. The number of piperazine rings is 1. The van der Waals surface area contributed by atoms with Crippen molar-refractivity contribution in [3.63, 3.8) is 0 Å². The lowest BCUT2D eigenvalue weighted by molar-refractivity contribution is -0.137. The van der Waals surface area contributed by atoms with Crippen molar-refractivity contribution in [2.75, 3.05) is 31.1 Å². The van der Waals surface area contributed by atoms with E-state index in [0.717, 1.165) is 74.5 Å². The Morgan fingerprint density at radius 1 is 1.00 bits per heavy atom. The number of aryl methyl sites for hydroxylation is 1. The Labute approximate surface area is 190 Å². The highest BCUT2D eigenvalue weighted by molar-refractivity contribution is 5.40. The normalized spacial score (nSPS) is 18.8. The Balaban J connectivity index is 1.24. The molecule has 2 aliphatic rings. The van der Waals surface area contributed by atoms with Crippen molar-refractivity contribution in [2.45, 2.75) is 44.3 Å². The number of anilines is 1. The topological polar surface area (TPSA) is 58.3 Å². The summed E-state index contributed by atoms with van der Waals surface area (Å²) in [5, 5.41) is 4.24. The van der Waals surface area contributed by atoms with E-state index in [4.69, 9.17) is 4.52 Å². The highest BCUT2D eigenvalue weighted by Gasteiger charge is 2.45. The van der Waals surface area contributed by atoms with E-state index in [2.05, 4.69) is 37.1 Å². The molecule has 0 atom stereocenters. The number of nitrogens with zero attached hydrogens (tertiary/aromatic N) is 5. The molecule has 0 N–H and O–H groups in total. The molecule has 1 aromatic carbocycles. The molecule has 2 aromatic heterocycles. The Kier molecular flexibility index (Phi) is 5.60. The summed E-state index contributed by atoms with van der Waals surface area (Å²) in [6, 6.07) is 9.50. The standard InChI is InChI=1S/C24H26F3N5O/c1-17-3-8-20(28-15-17)32-13-11-31(12-14-32)16-21-29-22(30-33-21)23(9-2-10-23)18-4-6-19(7-5-18)24(25,26)27/h3-8,15H,2,9-14,16H2,1H3. The van der Waals surface area contributed by atoms with Gasteiger partial charge < -0.3 is 9.42 Å². The lowest BCUT2D eigenvalue weighted by Gasteiger charge is -2.39. The van der Waals surface area contributed by atoms with E-state index in [9.17, 15) is 13.2 Å². The van der Waals surface area contributed by atoms with Gasteiger partial charge in [-0.15, -0.1) is 0 Å². The van der Waals surface area contributed by atoms with Crippen LogP contribution in [0.25, 0.3) is 0 Å². The second-order valence-electron chi connectivity index (χ2n) is 8.98. The number of halogens is 3. The van der Waals surface area contributed by atoms with Crippen LogP contribution in [0.2, 0.25) is 0 Å². The first kappa shape index (κ1) is 21.9. The monoisotopic (exact) mass is 457 g/mol. The van der Waals surface area contributed by atoms with Crippen LogP contribution in [0.3, 0.4) is 0 Å². The smallest absolute Gasteiger partial charge is 0.354 e. The maximum atomic E-state index is 12.9. The molecule has 0 unspecified atom stereocenters. The molecule has 9 heteroatoms. The molecule has 0 amide bonds. The average Bonchev–Trinajstić information content (AvgIpc) is 3.22. The van der Waals surface area contributed by atoms with Gasteiger partial charge in [-0.3, -0.25) is 4.90 Å². The van der Waals surface area contributed by atoms with Crippen molar-refractivity contribution >= 4 is 5.82 Å². The first-order chi connectivity index (χ1) is 15.8. The van der Waals surface area contributed by atoms with Crippen LogP contribution in [0, 0.1) is 6.92 Å². The second-order valence-corrected chi connectivity index (χ2v) is 8.98. The molecule has 0 radical (unpaired) electrons. The molecule has 1 aliphatic heterocycles. The molecule has 6 nitrogen and oxygen atoms in total. The fraction of sp³-hybridized carbons (Fsp3) is 0.458. The van der Waals surface area contributed by atoms with Crippen LogP contribution in [0.4, 0.5) is 19.0 Å². The van der Waals surface area contributed by atoms with Gasteiger partial charge in [0.2, 0.25) is 5.89 Å². The number of benzene rings is 1. The van der Waals surface area contributed by atoms with Crippen LogP contribution in [0.5, 0.6) is 0 Å². The van der Waals surface area contributed by atoms with Gasteiger partial charge in [-0.05, 0) is 49.1 Å². The van der Waals surface area contributed by atoms with Crippen LogP contribution < -0.4 is 4.90 Å². The van der Waals surface area contributed by atoms with Crippen molar-refractivity contribution in [3.8, 4) is 0 Å². The summed E-state index contributed by atoms with van der Waals surface area (Å²) in [6.45, 7) is 6.04.